The SMILES string of the molecule is CCc1ccc(C(C)NS(=O)(=O)c2ccc(CC(=O)O)s2)cc1. The molecule has 1 heterocycles. The lowest BCUT2D eigenvalue weighted by Crippen LogP contribution is -2.26. The maximum Gasteiger partial charge on any atom is 0.308 e. The van der Waals surface area contributed by atoms with E-state index in [9.17, 15) is 13.2 Å². The van der Waals surface area contributed by atoms with Gasteiger partial charge in [-0.1, -0.05) is 31.2 Å². The highest BCUT2D eigenvalue weighted by atomic mass is 32.2. The minimum Gasteiger partial charge on any atom is -0.481 e. The summed E-state index contributed by atoms with van der Waals surface area (Å²) in [6, 6.07) is 10.4. The molecule has 0 bridgehead atoms. The first-order valence-electron chi connectivity index (χ1n) is 7.23. The fraction of sp³-hybridized carbons (Fsp3) is 0.312. The molecule has 0 amide bonds. The maximum atomic E-state index is 12.4. The first-order chi connectivity index (χ1) is 10.8. The predicted octanol–water partition coefficient (Wildman–Crippen LogP) is 2.98. The van der Waals surface area contributed by atoms with Crippen LogP contribution >= 0.6 is 11.3 Å². The third-order valence-corrected chi connectivity index (χ3v) is 6.56. The smallest absolute Gasteiger partial charge is 0.308 e. The van der Waals surface area contributed by atoms with Crippen LogP contribution in [-0.4, -0.2) is 19.5 Å². The molecule has 1 atom stereocenters. The number of sulfonamides is 1. The van der Waals surface area contributed by atoms with Gasteiger partial charge in [0.25, 0.3) is 10.0 Å². The van der Waals surface area contributed by atoms with Crippen molar-refractivity contribution in [3.63, 3.8) is 0 Å². The van der Waals surface area contributed by atoms with Gasteiger partial charge < -0.3 is 5.11 Å². The first-order valence-corrected chi connectivity index (χ1v) is 9.53. The second kappa shape index (κ2) is 7.25. The van der Waals surface area contributed by atoms with E-state index < -0.39 is 16.0 Å². The fourth-order valence-electron chi connectivity index (χ4n) is 2.15. The van der Waals surface area contributed by atoms with Crippen LogP contribution in [0.15, 0.2) is 40.6 Å². The molecule has 0 aliphatic rings. The molecule has 124 valence electrons. The molecule has 0 saturated carbocycles. The normalized spacial score (nSPS) is 13.0. The summed E-state index contributed by atoms with van der Waals surface area (Å²) in [4.78, 5) is 11.2. The van der Waals surface area contributed by atoms with Crippen molar-refractivity contribution in [3.8, 4) is 0 Å². The molecule has 2 rings (SSSR count). The monoisotopic (exact) mass is 353 g/mol. The molecule has 1 aromatic heterocycles. The van der Waals surface area contributed by atoms with Crippen LogP contribution in [0.1, 0.15) is 35.9 Å². The molecular formula is C16H19NO4S2. The van der Waals surface area contributed by atoms with E-state index in [-0.39, 0.29) is 16.7 Å². The molecule has 2 N–H and O–H groups in total. The minimum atomic E-state index is -3.66. The average Bonchev–Trinajstić information content (AvgIpc) is 2.95. The van der Waals surface area contributed by atoms with Crippen LogP contribution in [0.3, 0.4) is 0 Å². The summed E-state index contributed by atoms with van der Waals surface area (Å²) in [7, 11) is -3.66. The molecule has 1 unspecified atom stereocenters. The van der Waals surface area contributed by atoms with E-state index in [1.165, 1.54) is 17.7 Å². The van der Waals surface area contributed by atoms with Crippen LogP contribution in [0.2, 0.25) is 0 Å². The van der Waals surface area contributed by atoms with Crippen molar-refractivity contribution in [1.29, 1.82) is 0 Å². The van der Waals surface area contributed by atoms with Crippen molar-refractivity contribution < 1.29 is 18.3 Å². The lowest BCUT2D eigenvalue weighted by Gasteiger charge is -2.14. The number of carbonyl (C=O) groups is 1. The highest BCUT2D eigenvalue weighted by molar-refractivity contribution is 7.91. The van der Waals surface area contributed by atoms with Gasteiger partial charge in [-0.2, -0.15) is 0 Å². The lowest BCUT2D eigenvalue weighted by atomic mass is 10.1. The van der Waals surface area contributed by atoms with E-state index in [0.717, 1.165) is 23.3 Å². The minimum absolute atomic E-state index is 0.130. The van der Waals surface area contributed by atoms with Crippen molar-refractivity contribution in [2.75, 3.05) is 0 Å². The Labute approximate surface area is 140 Å². The number of aryl methyl sites for hydroxylation is 1. The second-order valence-electron chi connectivity index (χ2n) is 5.23. The van der Waals surface area contributed by atoms with Crippen LogP contribution in [0.4, 0.5) is 0 Å². The number of thiophene rings is 1. The summed E-state index contributed by atoms with van der Waals surface area (Å²) in [5.74, 6) is -0.979. The zero-order valence-corrected chi connectivity index (χ0v) is 14.6. The summed E-state index contributed by atoms with van der Waals surface area (Å²) >= 11 is 0.980. The fourth-order valence-corrected chi connectivity index (χ4v) is 4.74. The molecule has 5 nitrogen and oxygen atoms in total. The van der Waals surface area contributed by atoms with E-state index in [2.05, 4.69) is 11.6 Å². The number of carboxylic acid groups (broad SMARTS) is 1. The molecule has 7 heteroatoms. The Hall–Kier alpha value is -1.70. The maximum absolute atomic E-state index is 12.4. The van der Waals surface area contributed by atoms with Gasteiger partial charge in [-0.05, 0) is 36.6 Å². The quantitative estimate of drug-likeness (QED) is 0.801. The summed E-state index contributed by atoms with van der Waals surface area (Å²) in [5, 5.41) is 8.76. The highest BCUT2D eigenvalue weighted by Crippen LogP contribution is 2.24. The first kappa shape index (κ1) is 17.7. The molecule has 1 aromatic carbocycles. The largest absolute Gasteiger partial charge is 0.481 e. The number of hydrogen-bond acceptors (Lipinski definition) is 4. The molecule has 0 saturated heterocycles. The molecule has 2 aromatic rings. The standard InChI is InChI=1S/C16H19NO4S2/c1-3-12-4-6-13(7-5-12)11(2)17-23(20,21)16-9-8-14(22-16)10-15(18)19/h4-9,11,17H,3,10H2,1-2H3,(H,18,19). The molecular weight excluding hydrogens is 334 g/mol. The predicted molar refractivity (Wildman–Crippen MR) is 90.2 cm³/mol. The van der Waals surface area contributed by atoms with E-state index >= 15 is 0 Å². The van der Waals surface area contributed by atoms with E-state index in [0.29, 0.717) is 4.88 Å². The second-order valence-corrected chi connectivity index (χ2v) is 8.34. The van der Waals surface area contributed by atoms with Gasteiger partial charge >= 0.3 is 5.97 Å². The summed E-state index contributed by atoms with van der Waals surface area (Å²) in [5.41, 5.74) is 2.08. The average molecular weight is 353 g/mol. The number of hydrogen-bond donors (Lipinski definition) is 2. The Bertz CT molecular complexity index is 779. The van der Waals surface area contributed by atoms with Gasteiger partial charge in [-0.15, -0.1) is 11.3 Å². The zero-order valence-electron chi connectivity index (χ0n) is 12.9. The van der Waals surface area contributed by atoms with Crippen LogP contribution in [-0.2, 0) is 27.7 Å². The number of benzene rings is 1. The van der Waals surface area contributed by atoms with Crippen molar-refractivity contribution in [2.24, 2.45) is 0 Å². The summed E-state index contributed by atoms with van der Waals surface area (Å²) < 4.78 is 27.5. The molecule has 23 heavy (non-hydrogen) atoms. The van der Waals surface area contributed by atoms with Gasteiger partial charge in [0, 0.05) is 10.9 Å². The van der Waals surface area contributed by atoms with E-state index in [4.69, 9.17) is 5.11 Å². The van der Waals surface area contributed by atoms with Crippen LogP contribution in [0, 0.1) is 0 Å². The van der Waals surface area contributed by atoms with Crippen LogP contribution in [0.25, 0.3) is 0 Å². The number of rotatable bonds is 7. The molecule has 0 aliphatic heterocycles. The van der Waals surface area contributed by atoms with Gasteiger partial charge in [-0.25, -0.2) is 13.1 Å². The van der Waals surface area contributed by atoms with Crippen molar-refractivity contribution in [2.45, 2.75) is 36.9 Å². The third-order valence-electron chi connectivity index (χ3n) is 3.45. The topological polar surface area (TPSA) is 83.5 Å². The third kappa shape index (κ3) is 4.63. The van der Waals surface area contributed by atoms with Gasteiger partial charge in [-0.3, -0.25) is 4.79 Å². The van der Waals surface area contributed by atoms with Crippen molar-refractivity contribution >= 4 is 27.3 Å². The zero-order chi connectivity index (χ0) is 17.0. The summed E-state index contributed by atoms with van der Waals surface area (Å²) in [6.45, 7) is 3.84. The van der Waals surface area contributed by atoms with Gasteiger partial charge in [0.1, 0.15) is 4.21 Å². The Balaban J connectivity index is 2.13. The Morgan fingerprint density at radius 2 is 1.87 bits per heavy atom. The summed E-state index contributed by atoms with van der Waals surface area (Å²) in [6.07, 6.45) is 0.760. The van der Waals surface area contributed by atoms with Gasteiger partial charge in [0.15, 0.2) is 0 Å². The Kier molecular flexibility index (Phi) is 5.56. The molecule has 0 spiro atoms. The number of nitrogens with one attached hydrogen (secondary N) is 1. The lowest BCUT2D eigenvalue weighted by molar-refractivity contribution is -0.136. The molecule has 0 radical (unpaired) electrons. The van der Waals surface area contributed by atoms with E-state index in [1.807, 2.05) is 24.3 Å². The van der Waals surface area contributed by atoms with Crippen molar-refractivity contribution in [1.82, 2.24) is 4.72 Å². The van der Waals surface area contributed by atoms with E-state index in [1.54, 1.807) is 6.92 Å². The Morgan fingerprint density at radius 3 is 2.43 bits per heavy atom. The highest BCUT2D eigenvalue weighted by Gasteiger charge is 2.21. The Morgan fingerprint density at radius 1 is 1.22 bits per heavy atom. The number of carboxylic acids is 1. The van der Waals surface area contributed by atoms with Crippen LogP contribution in [0.5, 0.6) is 0 Å². The number of aliphatic carboxylic acids is 1. The van der Waals surface area contributed by atoms with Crippen LogP contribution < -0.4 is 4.72 Å². The van der Waals surface area contributed by atoms with Gasteiger partial charge in [0.2, 0.25) is 0 Å². The molecule has 0 fully saturated rings. The molecule has 0 aliphatic carbocycles. The van der Waals surface area contributed by atoms with Crippen molar-refractivity contribution in [3.05, 3.63) is 52.4 Å². The van der Waals surface area contributed by atoms with Gasteiger partial charge in [0.05, 0.1) is 6.42 Å².